The highest BCUT2D eigenvalue weighted by Crippen LogP contribution is 2.37. The topological polar surface area (TPSA) is 64.6 Å². The summed E-state index contributed by atoms with van der Waals surface area (Å²) >= 11 is 0. The highest BCUT2D eigenvalue weighted by atomic mass is 28.4. The Morgan fingerprint density at radius 3 is 2.29 bits per heavy atom. The van der Waals surface area contributed by atoms with E-state index >= 15 is 0 Å². The molecule has 0 aliphatic rings. The maximum Gasteiger partial charge on any atom is 0.411 e. The number of anilines is 1. The molecule has 0 spiro atoms. The van der Waals surface area contributed by atoms with Crippen molar-refractivity contribution in [2.24, 2.45) is 5.92 Å². The molecular weight excluding hydrogens is 322 g/mol. The average molecular weight is 352 g/mol. The minimum atomic E-state index is -2.24. The Morgan fingerprint density at radius 2 is 1.75 bits per heavy atom. The van der Waals surface area contributed by atoms with Crippen molar-refractivity contribution >= 4 is 26.1 Å². The molecule has 1 amide bonds. The summed E-state index contributed by atoms with van der Waals surface area (Å²) in [5, 5.41) is 2.54. The number of rotatable bonds is 5. The van der Waals surface area contributed by atoms with E-state index < -0.39 is 20.4 Å². The lowest BCUT2D eigenvalue weighted by Crippen LogP contribution is -2.42. The van der Waals surface area contributed by atoms with Crippen molar-refractivity contribution < 1.29 is 18.8 Å². The Hall–Kier alpha value is -1.82. The number of para-hydroxylation sites is 1. The van der Waals surface area contributed by atoms with E-state index in [0.29, 0.717) is 17.9 Å². The molecule has 0 aromatic heterocycles. The molecule has 1 N–H and O–H groups in total. The highest BCUT2D eigenvalue weighted by molar-refractivity contribution is 6.75. The molecule has 0 saturated heterocycles. The molecule has 6 heteroatoms. The van der Waals surface area contributed by atoms with Gasteiger partial charge in [-0.05, 0) is 36.2 Å². The Labute approximate surface area is 145 Å². The van der Waals surface area contributed by atoms with Crippen LogP contribution in [0.5, 0.6) is 0 Å². The van der Waals surface area contributed by atoms with Gasteiger partial charge < -0.3 is 9.16 Å². The summed E-state index contributed by atoms with van der Waals surface area (Å²) in [6.07, 6.45) is -0.573. The van der Waals surface area contributed by atoms with E-state index in [9.17, 15) is 9.59 Å². The van der Waals surface area contributed by atoms with Gasteiger partial charge in [0.2, 0.25) is 0 Å². The van der Waals surface area contributed by atoms with Crippen LogP contribution in [0.3, 0.4) is 0 Å². The number of carbonyl (C=O) groups excluding carboxylic acids is 2. The zero-order valence-electron chi connectivity index (χ0n) is 15.7. The normalized spacial score (nSPS) is 12.0. The Balaban J connectivity index is 2.90. The Bertz CT molecular complexity index is 591. The molecule has 1 rings (SSSR count). The van der Waals surface area contributed by atoms with Crippen molar-refractivity contribution in [2.45, 2.75) is 52.8 Å². The summed E-state index contributed by atoms with van der Waals surface area (Å²) in [5.74, 6) is -0.170. The highest BCUT2D eigenvalue weighted by Gasteiger charge is 2.40. The first-order chi connectivity index (χ1) is 10.9. The fourth-order valence-corrected chi connectivity index (χ4v) is 2.48. The van der Waals surface area contributed by atoms with Crippen LogP contribution < -0.4 is 5.32 Å². The third-order valence-electron chi connectivity index (χ3n) is 4.09. The number of hydrogen-bond acceptors (Lipinski definition) is 4. The Morgan fingerprint density at radius 1 is 1.17 bits per heavy atom. The third-order valence-corrected chi connectivity index (χ3v) is 8.39. The largest absolute Gasteiger partial charge is 0.516 e. The van der Waals surface area contributed by atoms with Crippen LogP contribution in [-0.2, 0) is 9.16 Å². The van der Waals surface area contributed by atoms with Crippen LogP contribution in [0.1, 0.15) is 45.0 Å². The van der Waals surface area contributed by atoms with Gasteiger partial charge in [-0.3, -0.25) is 5.32 Å². The van der Waals surface area contributed by atoms with Crippen LogP contribution in [0.4, 0.5) is 10.5 Å². The van der Waals surface area contributed by atoms with Gasteiger partial charge in [-0.1, -0.05) is 46.8 Å². The summed E-state index contributed by atoms with van der Waals surface area (Å²) in [7, 11) is -2.24. The van der Waals surface area contributed by atoms with Crippen LogP contribution in [0.2, 0.25) is 18.1 Å². The smallest absolute Gasteiger partial charge is 0.411 e. The Kier molecular flexibility index (Phi) is 6.60. The van der Waals surface area contributed by atoms with Crippen LogP contribution in [-0.4, -0.2) is 27.0 Å². The second-order valence-corrected chi connectivity index (χ2v) is 12.5. The molecular formula is C18H29NO4Si. The maximum absolute atomic E-state index is 12.6. The van der Waals surface area contributed by atoms with Gasteiger partial charge in [0.25, 0.3) is 8.32 Å². The molecule has 24 heavy (non-hydrogen) atoms. The lowest BCUT2D eigenvalue weighted by molar-refractivity contribution is 0.0713. The van der Waals surface area contributed by atoms with E-state index in [2.05, 4.69) is 26.1 Å². The van der Waals surface area contributed by atoms with E-state index in [0.717, 1.165) is 0 Å². The summed E-state index contributed by atoms with van der Waals surface area (Å²) in [4.78, 5) is 24.5. The fourth-order valence-electron chi connectivity index (χ4n) is 1.60. The predicted molar refractivity (Wildman–Crippen MR) is 98.9 cm³/mol. The van der Waals surface area contributed by atoms with Gasteiger partial charge in [0.05, 0.1) is 17.9 Å². The number of nitrogens with one attached hydrogen (secondary N) is 1. The fraction of sp³-hybridized carbons (Fsp3) is 0.556. The standard InChI is InChI=1S/C18H29NO4Si/c1-13(2)12-22-17(21)19-15-11-9-8-10-14(15)16(20)23-24(6,7)18(3,4)5/h8-11,13H,12H2,1-7H3,(H,19,21). The van der Waals surface area contributed by atoms with Crippen molar-refractivity contribution in [3.05, 3.63) is 29.8 Å². The average Bonchev–Trinajstić information content (AvgIpc) is 2.44. The quantitative estimate of drug-likeness (QED) is 0.754. The molecule has 0 atom stereocenters. The zero-order valence-corrected chi connectivity index (χ0v) is 16.7. The van der Waals surface area contributed by atoms with E-state index in [1.54, 1.807) is 24.3 Å². The SMILES string of the molecule is CC(C)COC(=O)Nc1ccccc1C(=O)O[Si](C)(C)C(C)(C)C. The maximum atomic E-state index is 12.6. The molecule has 0 aliphatic carbocycles. The first kappa shape index (κ1) is 20.2. The molecule has 0 radical (unpaired) electrons. The number of hydrogen-bond donors (Lipinski definition) is 1. The van der Waals surface area contributed by atoms with Gasteiger partial charge in [-0.15, -0.1) is 0 Å². The molecule has 134 valence electrons. The van der Waals surface area contributed by atoms with Gasteiger partial charge in [0.15, 0.2) is 0 Å². The minimum absolute atomic E-state index is 0.0821. The number of ether oxygens (including phenoxy) is 1. The second-order valence-electron chi connectivity index (χ2n) is 7.81. The zero-order chi connectivity index (χ0) is 18.5. The van der Waals surface area contributed by atoms with Crippen molar-refractivity contribution in [3.8, 4) is 0 Å². The second kappa shape index (κ2) is 7.83. The molecule has 0 aliphatic heterocycles. The molecule has 1 aromatic carbocycles. The van der Waals surface area contributed by atoms with Gasteiger partial charge in [0.1, 0.15) is 0 Å². The van der Waals surface area contributed by atoms with E-state index in [1.165, 1.54) is 0 Å². The van der Waals surface area contributed by atoms with Gasteiger partial charge in [0, 0.05) is 0 Å². The molecule has 0 saturated carbocycles. The van der Waals surface area contributed by atoms with Crippen molar-refractivity contribution in [1.29, 1.82) is 0 Å². The predicted octanol–water partition coefficient (Wildman–Crippen LogP) is 5.05. The lowest BCUT2D eigenvalue weighted by atomic mass is 10.2. The first-order valence-electron chi connectivity index (χ1n) is 8.20. The van der Waals surface area contributed by atoms with E-state index in [-0.39, 0.29) is 11.0 Å². The van der Waals surface area contributed by atoms with Gasteiger partial charge in [-0.25, -0.2) is 9.59 Å². The molecule has 0 heterocycles. The van der Waals surface area contributed by atoms with Crippen LogP contribution in [0.15, 0.2) is 24.3 Å². The van der Waals surface area contributed by atoms with Crippen LogP contribution in [0, 0.1) is 5.92 Å². The van der Waals surface area contributed by atoms with Crippen molar-refractivity contribution in [2.75, 3.05) is 11.9 Å². The molecule has 0 bridgehead atoms. The van der Waals surface area contributed by atoms with E-state index in [1.807, 2.05) is 26.9 Å². The van der Waals surface area contributed by atoms with E-state index in [4.69, 9.17) is 9.16 Å². The van der Waals surface area contributed by atoms with Crippen molar-refractivity contribution in [3.63, 3.8) is 0 Å². The number of amides is 1. The van der Waals surface area contributed by atoms with Crippen LogP contribution in [0.25, 0.3) is 0 Å². The molecule has 1 aromatic rings. The first-order valence-corrected chi connectivity index (χ1v) is 11.1. The monoisotopic (exact) mass is 351 g/mol. The van der Waals surface area contributed by atoms with Crippen LogP contribution >= 0.6 is 0 Å². The van der Waals surface area contributed by atoms with Gasteiger partial charge in [-0.2, -0.15) is 0 Å². The molecule has 0 unspecified atom stereocenters. The molecule has 5 nitrogen and oxygen atoms in total. The lowest BCUT2D eigenvalue weighted by Gasteiger charge is -2.35. The van der Waals surface area contributed by atoms with Crippen molar-refractivity contribution in [1.82, 2.24) is 0 Å². The summed E-state index contributed by atoms with van der Waals surface area (Å²) < 4.78 is 10.9. The summed E-state index contributed by atoms with van der Waals surface area (Å²) in [6.45, 7) is 14.5. The summed E-state index contributed by atoms with van der Waals surface area (Å²) in [5.41, 5.74) is 0.735. The number of benzene rings is 1. The molecule has 0 fully saturated rings. The number of carbonyl (C=O) groups is 2. The van der Waals surface area contributed by atoms with Gasteiger partial charge >= 0.3 is 12.1 Å². The minimum Gasteiger partial charge on any atom is -0.516 e. The third kappa shape index (κ3) is 5.67. The summed E-state index contributed by atoms with van der Waals surface area (Å²) in [6, 6.07) is 6.81.